The number of aromatic nitrogens is 2. The van der Waals surface area contributed by atoms with Gasteiger partial charge in [0.25, 0.3) is 0 Å². The summed E-state index contributed by atoms with van der Waals surface area (Å²) in [6.07, 6.45) is 3.56. The number of carbonyl (C=O) groups excluding carboxylic acids is 1. The Morgan fingerprint density at radius 1 is 1.17 bits per heavy atom. The summed E-state index contributed by atoms with van der Waals surface area (Å²) in [4.78, 5) is 12.4. The number of ketones is 1. The molecular weight excluding hydrogens is 224 g/mol. The van der Waals surface area contributed by atoms with Crippen LogP contribution in [0, 0.1) is 0 Å². The van der Waals surface area contributed by atoms with E-state index in [0.29, 0.717) is 5.56 Å². The number of nitrogens with zero attached hydrogens (tertiary/aromatic N) is 2. The molecule has 0 amide bonds. The van der Waals surface area contributed by atoms with Gasteiger partial charge in [-0.15, -0.1) is 0 Å². The van der Waals surface area contributed by atoms with E-state index in [-0.39, 0.29) is 5.78 Å². The average Bonchev–Trinajstić information content (AvgIpc) is 2.79. The molecule has 1 aromatic heterocycles. The lowest BCUT2D eigenvalue weighted by molar-refractivity contribution is 0.103. The predicted molar refractivity (Wildman–Crippen MR) is 71.8 cm³/mol. The molecule has 0 atom stereocenters. The largest absolute Gasteiger partial charge is 0.288 e. The molecule has 0 aliphatic carbocycles. The van der Waals surface area contributed by atoms with Crippen molar-refractivity contribution in [1.82, 2.24) is 9.78 Å². The van der Waals surface area contributed by atoms with E-state index in [2.05, 4.69) is 12.0 Å². The zero-order valence-corrected chi connectivity index (χ0v) is 11.1. The minimum Gasteiger partial charge on any atom is -0.288 e. The summed E-state index contributed by atoms with van der Waals surface area (Å²) >= 11 is 0. The van der Waals surface area contributed by atoms with Crippen molar-refractivity contribution < 1.29 is 4.79 Å². The first-order valence-corrected chi connectivity index (χ1v) is 6.31. The lowest BCUT2D eigenvalue weighted by Gasteiger charge is -2.02. The molecule has 0 saturated carbocycles. The normalized spacial score (nSPS) is 10.6. The summed E-state index contributed by atoms with van der Waals surface area (Å²) in [6, 6.07) is 7.81. The van der Waals surface area contributed by atoms with Crippen molar-refractivity contribution in [2.75, 3.05) is 0 Å². The van der Waals surface area contributed by atoms with E-state index < -0.39 is 0 Å². The third-order valence-electron chi connectivity index (χ3n) is 3.11. The van der Waals surface area contributed by atoms with Crippen LogP contribution in [0.1, 0.15) is 41.0 Å². The van der Waals surface area contributed by atoms with Crippen LogP contribution in [0.2, 0.25) is 0 Å². The van der Waals surface area contributed by atoms with Crippen LogP contribution in [-0.4, -0.2) is 15.6 Å². The number of aryl methyl sites for hydroxylation is 3. The first-order valence-electron chi connectivity index (χ1n) is 6.31. The maximum Gasteiger partial charge on any atom is 0.196 e. The van der Waals surface area contributed by atoms with Crippen LogP contribution in [0.15, 0.2) is 30.5 Å². The Labute approximate surface area is 107 Å². The molecule has 1 aromatic carbocycles. The zero-order valence-electron chi connectivity index (χ0n) is 11.1. The number of hydrogen-bond donors (Lipinski definition) is 0. The van der Waals surface area contributed by atoms with Gasteiger partial charge in [0.2, 0.25) is 0 Å². The Balaban J connectivity index is 2.34. The van der Waals surface area contributed by atoms with Crippen molar-refractivity contribution in [3.8, 4) is 0 Å². The second-order valence-corrected chi connectivity index (χ2v) is 4.40. The fourth-order valence-electron chi connectivity index (χ4n) is 2.03. The molecule has 0 aliphatic rings. The van der Waals surface area contributed by atoms with Crippen LogP contribution >= 0.6 is 0 Å². The van der Waals surface area contributed by atoms with Gasteiger partial charge in [-0.1, -0.05) is 38.1 Å². The molecule has 3 heteroatoms. The summed E-state index contributed by atoms with van der Waals surface area (Å²) in [6.45, 7) is 4.12. The maximum atomic E-state index is 12.4. The first-order chi connectivity index (χ1) is 8.65. The Bertz CT molecular complexity index is 552. The van der Waals surface area contributed by atoms with Crippen molar-refractivity contribution in [3.05, 3.63) is 52.8 Å². The molecule has 0 bridgehead atoms. The van der Waals surface area contributed by atoms with Crippen LogP contribution in [0.5, 0.6) is 0 Å². The summed E-state index contributed by atoms with van der Waals surface area (Å²) in [7, 11) is 1.84. The number of hydrogen-bond acceptors (Lipinski definition) is 2. The van der Waals surface area contributed by atoms with Gasteiger partial charge in [0.05, 0.1) is 11.3 Å². The van der Waals surface area contributed by atoms with Gasteiger partial charge in [-0.25, -0.2) is 0 Å². The van der Waals surface area contributed by atoms with E-state index in [1.165, 1.54) is 5.56 Å². The van der Waals surface area contributed by atoms with E-state index in [4.69, 9.17) is 0 Å². The van der Waals surface area contributed by atoms with Crippen molar-refractivity contribution in [2.24, 2.45) is 7.05 Å². The molecule has 0 aliphatic heterocycles. The van der Waals surface area contributed by atoms with Crippen LogP contribution in [0.4, 0.5) is 0 Å². The lowest BCUT2D eigenvalue weighted by Crippen LogP contribution is -2.03. The van der Waals surface area contributed by atoms with Gasteiger partial charge in [-0.2, -0.15) is 5.10 Å². The predicted octanol–water partition coefficient (Wildman–Crippen LogP) is 2.78. The van der Waals surface area contributed by atoms with Crippen LogP contribution in [0.25, 0.3) is 0 Å². The fraction of sp³-hybridized carbons (Fsp3) is 0.333. The van der Waals surface area contributed by atoms with Gasteiger partial charge in [0.15, 0.2) is 5.78 Å². The zero-order chi connectivity index (χ0) is 13.1. The summed E-state index contributed by atoms with van der Waals surface area (Å²) in [5, 5.41) is 4.31. The lowest BCUT2D eigenvalue weighted by atomic mass is 10.0. The molecule has 3 nitrogen and oxygen atoms in total. The number of rotatable bonds is 4. The minimum absolute atomic E-state index is 0.0580. The summed E-state index contributed by atoms with van der Waals surface area (Å²) in [5.74, 6) is 0.0580. The van der Waals surface area contributed by atoms with Crippen LogP contribution < -0.4 is 0 Å². The highest BCUT2D eigenvalue weighted by Crippen LogP contribution is 2.15. The molecule has 0 N–H and O–H groups in total. The molecule has 0 radical (unpaired) electrons. The maximum absolute atomic E-state index is 12.4. The van der Waals surface area contributed by atoms with E-state index in [9.17, 15) is 4.79 Å². The second kappa shape index (κ2) is 5.17. The standard InChI is InChI=1S/C15H18N2O/c1-4-11-6-8-12(9-7-11)15(18)13-10-17(3)16-14(13)5-2/h6-10H,4-5H2,1-3H3. The third kappa shape index (κ3) is 2.35. The summed E-state index contributed by atoms with van der Waals surface area (Å²) in [5.41, 5.74) is 3.55. The van der Waals surface area contributed by atoms with Crippen LogP contribution in [-0.2, 0) is 19.9 Å². The Morgan fingerprint density at radius 3 is 2.39 bits per heavy atom. The van der Waals surface area contributed by atoms with Gasteiger partial charge in [0, 0.05) is 18.8 Å². The van der Waals surface area contributed by atoms with Crippen molar-refractivity contribution in [2.45, 2.75) is 26.7 Å². The molecule has 0 fully saturated rings. The minimum atomic E-state index is 0.0580. The van der Waals surface area contributed by atoms with E-state index >= 15 is 0 Å². The molecule has 0 unspecified atom stereocenters. The Kier molecular flexibility index (Phi) is 3.60. The topological polar surface area (TPSA) is 34.9 Å². The first kappa shape index (κ1) is 12.6. The van der Waals surface area contributed by atoms with E-state index in [1.54, 1.807) is 10.9 Å². The highest BCUT2D eigenvalue weighted by Gasteiger charge is 2.15. The van der Waals surface area contributed by atoms with Gasteiger partial charge >= 0.3 is 0 Å². The Hall–Kier alpha value is -1.90. The van der Waals surface area contributed by atoms with Gasteiger partial charge in [0.1, 0.15) is 0 Å². The van der Waals surface area contributed by atoms with Gasteiger partial charge < -0.3 is 0 Å². The highest BCUT2D eigenvalue weighted by molar-refractivity contribution is 6.09. The SMILES string of the molecule is CCc1ccc(C(=O)c2cn(C)nc2CC)cc1. The monoisotopic (exact) mass is 242 g/mol. The quantitative estimate of drug-likeness (QED) is 0.773. The molecule has 2 rings (SSSR count). The molecule has 18 heavy (non-hydrogen) atoms. The van der Waals surface area contributed by atoms with Gasteiger partial charge in [-0.05, 0) is 18.4 Å². The molecule has 0 spiro atoms. The molecule has 1 heterocycles. The van der Waals surface area contributed by atoms with Crippen molar-refractivity contribution in [1.29, 1.82) is 0 Å². The van der Waals surface area contributed by atoms with E-state index in [1.807, 2.05) is 38.2 Å². The van der Waals surface area contributed by atoms with Gasteiger partial charge in [-0.3, -0.25) is 9.48 Å². The fourth-order valence-corrected chi connectivity index (χ4v) is 2.03. The smallest absolute Gasteiger partial charge is 0.196 e. The highest BCUT2D eigenvalue weighted by atomic mass is 16.1. The number of benzene rings is 1. The van der Waals surface area contributed by atoms with E-state index in [0.717, 1.165) is 24.1 Å². The van der Waals surface area contributed by atoms with Crippen molar-refractivity contribution >= 4 is 5.78 Å². The van der Waals surface area contributed by atoms with Crippen molar-refractivity contribution in [3.63, 3.8) is 0 Å². The number of carbonyl (C=O) groups is 1. The molecule has 0 saturated heterocycles. The second-order valence-electron chi connectivity index (χ2n) is 4.40. The van der Waals surface area contributed by atoms with Crippen LogP contribution in [0.3, 0.4) is 0 Å². The Morgan fingerprint density at radius 2 is 1.83 bits per heavy atom. The average molecular weight is 242 g/mol. The third-order valence-corrected chi connectivity index (χ3v) is 3.11. The molecule has 94 valence electrons. The molecule has 2 aromatic rings. The molecular formula is C15H18N2O. The summed E-state index contributed by atoms with van der Waals surface area (Å²) < 4.78 is 1.70.